The number of ether oxygens (including phenoxy) is 1. The van der Waals surface area contributed by atoms with Gasteiger partial charge in [-0.1, -0.05) is 29.8 Å². The molecule has 5 nitrogen and oxygen atoms in total. The Morgan fingerprint density at radius 2 is 1.91 bits per heavy atom. The van der Waals surface area contributed by atoms with Gasteiger partial charge in [0.25, 0.3) is 0 Å². The van der Waals surface area contributed by atoms with Crippen molar-refractivity contribution in [3.63, 3.8) is 0 Å². The molecule has 1 aromatic rings. The maximum atomic E-state index is 12.4. The van der Waals surface area contributed by atoms with Gasteiger partial charge in [0, 0.05) is 19.8 Å². The van der Waals surface area contributed by atoms with E-state index in [2.05, 4.69) is 41.4 Å². The lowest BCUT2D eigenvalue weighted by Gasteiger charge is -2.33. The van der Waals surface area contributed by atoms with Gasteiger partial charge in [-0.2, -0.15) is 0 Å². The number of carbonyl (C=O) groups excluding carboxylic acids is 1. The molecule has 1 aromatic carbocycles. The first-order valence-corrected chi connectivity index (χ1v) is 7.80. The molecule has 0 radical (unpaired) electrons. The molecule has 1 aliphatic rings. The largest absolute Gasteiger partial charge is 0.381 e. The minimum atomic E-state index is -0.789. The Hall–Kier alpha value is -1.43. The molecule has 2 rings (SSSR count). The van der Waals surface area contributed by atoms with E-state index in [9.17, 15) is 4.79 Å². The van der Waals surface area contributed by atoms with Gasteiger partial charge in [-0.3, -0.25) is 4.79 Å². The number of nitrogens with two attached hydrogens (primary N) is 1. The number of nitrogens with one attached hydrogen (secondary N) is 1. The van der Waals surface area contributed by atoms with Gasteiger partial charge in [0.05, 0.1) is 11.6 Å². The van der Waals surface area contributed by atoms with E-state index in [4.69, 9.17) is 10.5 Å². The summed E-state index contributed by atoms with van der Waals surface area (Å²) in [6, 6.07) is 8.54. The first-order chi connectivity index (χ1) is 10.4. The van der Waals surface area contributed by atoms with E-state index in [1.54, 1.807) is 0 Å². The Morgan fingerprint density at radius 3 is 2.45 bits per heavy atom. The van der Waals surface area contributed by atoms with Gasteiger partial charge < -0.3 is 20.7 Å². The van der Waals surface area contributed by atoms with E-state index >= 15 is 0 Å². The summed E-state index contributed by atoms with van der Waals surface area (Å²) >= 11 is 0. The van der Waals surface area contributed by atoms with E-state index in [1.807, 2.05) is 14.1 Å². The molecule has 1 atom stereocenters. The quantitative estimate of drug-likeness (QED) is 0.858. The molecule has 1 amide bonds. The maximum Gasteiger partial charge on any atom is 0.240 e. The first-order valence-electron chi connectivity index (χ1n) is 7.80. The zero-order valence-electron chi connectivity index (χ0n) is 13.8. The van der Waals surface area contributed by atoms with E-state index in [-0.39, 0.29) is 11.9 Å². The normalized spacial score (nSPS) is 19.0. The van der Waals surface area contributed by atoms with Crippen molar-refractivity contribution in [3.8, 4) is 0 Å². The van der Waals surface area contributed by atoms with E-state index < -0.39 is 5.54 Å². The van der Waals surface area contributed by atoms with Crippen molar-refractivity contribution in [2.75, 3.05) is 33.9 Å². The van der Waals surface area contributed by atoms with Crippen molar-refractivity contribution < 1.29 is 9.53 Å². The second-order valence-corrected chi connectivity index (χ2v) is 6.37. The average Bonchev–Trinajstić information content (AvgIpc) is 2.49. The highest BCUT2D eigenvalue weighted by atomic mass is 16.5. The number of carbonyl (C=O) groups is 1. The molecule has 3 N–H and O–H groups in total. The molecule has 1 saturated heterocycles. The van der Waals surface area contributed by atoms with Crippen molar-refractivity contribution in [2.45, 2.75) is 31.3 Å². The van der Waals surface area contributed by atoms with Gasteiger partial charge in [-0.05, 0) is 39.4 Å². The summed E-state index contributed by atoms with van der Waals surface area (Å²) in [4.78, 5) is 14.5. The molecule has 0 saturated carbocycles. The smallest absolute Gasteiger partial charge is 0.240 e. The SMILES string of the molecule is Cc1ccc(C(CNC(=O)C2(N)CCOCC2)N(C)C)cc1. The van der Waals surface area contributed by atoms with Gasteiger partial charge in [0.1, 0.15) is 0 Å². The van der Waals surface area contributed by atoms with Crippen LogP contribution in [0.5, 0.6) is 0 Å². The number of nitrogens with zero attached hydrogens (tertiary/aromatic N) is 1. The minimum absolute atomic E-state index is 0.0743. The van der Waals surface area contributed by atoms with Crippen molar-refractivity contribution in [2.24, 2.45) is 5.73 Å². The second-order valence-electron chi connectivity index (χ2n) is 6.37. The Kier molecular flexibility index (Phi) is 5.56. The number of hydrogen-bond donors (Lipinski definition) is 2. The summed E-state index contributed by atoms with van der Waals surface area (Å²) in [5.41, 5.74) is 7.85. The maximum absolute atomic E-state index is 12.4. The Labute approximate surface area is 132 Å². The van der Waals surface area contributed by atoms with Crippen LogP contribution in [0.1, 0.15) is 30.0 Å². The minimum Gasteiger partial charge on any atom is -0.381 e. The van der Waals surface area contributed by atoms with Gasteiger partial charge in [0.2, 0.25) is 5.91 Å². The first kappa shape index (κ1) is 16.9. The van der Waals surface area contributed by atoms with Crippen LogP contribution in [0.15, 0.2) is 24.3 Å². The lowest BCUT2D eigenvalue weighted by Crippen LogP contribution is -2.57. The number of hydrogen-bond acceptors (Lipinski definition) is 4. The molecule has 0 spiro atoms. The third-order valence-electron chi connectivity index (χ3n) is 4.38. The molecule has 0 aromatic heterocycles. The topological polar surface area (TPSA) is 67.6 Å². The molecule has 0 aliphatic carbocycles. The van der Waals surface area contributed by atoms with Crippen molar-refractivity contribution in [1.82, 2.24) is 10.2 Å². The van der Waals surface area contributed by atoms with Crippen LogP contribution in [-0.2, 0) is 9.53 Å². The summed E-state index contributed by atoms with van der Waals surface area (Å²) in [5, 5.41) is 3.03. The number of benzene rings is 1. The van der Waals surface area contributed by atoms with E-state index in [0.29, 0.717) is 32.6 Å². The van der Waals surface area contributed by atoms with Crippen molar-refractivity contribution in [1.29, 1.82) is 0 Å². The highest BCUT2D eigenvalue weighted by Crippen LogP contribution is 2.20. The van der Waals surface area contributed by atoms with Crippen LogP contribution >= 0.6 is 0 Å². The molecule has 5 heteroatoms. The summed E-state index contributed by atoms with van der Waals surface area (Å²) in [6.45, 7) is 3.73. The van der Waals surface area contributed by atoms with Crippen LogP contribution in [0.2, 0.25) is 0 Å². The lowest BCUT2D eigenvalue weighted by atomic mass is 9.90. The molecule has 1 unspecified atom stereocenters. The fourth-order valence-corrected chi connectivity index (χ4v) is 2.72. The molecular weight excluding hydrogens is 278 g/mol. The Balaban J connectivity index is 2.00. The van der Waals surface area contributed by atoms with E-state index in [1.165, 1.54) is 11.1 Å². The highest BCUT2D eigenvalue weighted by molar-refractivity contribution is 5.86. The molecular formula is C17H27N3O2. The Morgan fingerprint density at radius 1 is 1.32 bits per heavy atom. The van der Waals surface area contributed by atoms with E-state index in [0.717, 1.165) is 0 Å². The standard InChI is InChI=1S/C17H27N3O2/c1-13-4-6-14(7-5-13)15(20(2)3)12-19-16(21)17(18)8-10-22-11-9-17/h4-7,15H,8-12,18H2,1-3H3,(H,19,21). The number of likely N-dealkylation sites (N-methyl/N-ethyl adjacent to an activating group) is 1. The molecule has 1 heterocycles. The van der Waals surface area contributed by atoms with Crippen molar-refractivity contribution in [3.05, 3.63) is 35.4 Å². The molecule has 1 fully saturated rings. The third-order valence-corrected chi connectivity index (χ3v) is 4.38. The molecule has 22 heavy (non-hydrogen) atoms. The average molecular weight is 305 g/mol. The Bertz CT molecular complexity index is 493. The summed E-state index contributed by atoms with van der Waals surface area (Å²) in [5.74, 6) is -0.0743. The molecule has 122 valence electrons. The van der Waals surface area contributed by atoms with Gasteiger partial charge >= 0.3 is 0 Å². The zero-order valence-corrected chi connectivity index (χ0v) is 13.8. The highest BCUT2D eigenvalue weighted by Gasteiger charge is 2.36. The van der Waals surface area contributed by atoms with Crippen molar-refractivity contribution >= 4 is 5.91 Å². The predicted octanol–water partition coefficient (Wildman–Crippen LogP) is 1.22. The summed E-state index contributed by atoms with van der Waals surface area (Å²) in [7, 11) is 4.03. The molecule has 1 aliphatic heterocycles. The van der Waals surface area contributed by atoms with Crippen LogP contribution in [0.25, 0.3) is 0 Å². The van der Waals surface area contributed by atoms with Crippen LogP contribution in [0, 0.1) is 6.92 Å². The monoisotopic (exact) mass is 305 g/mol. The van der Waals surface area contributed by atoms with Crippen LogP contribution in [0.4, 0.5) is 0 Å². The summed E-state index contributed by atoms with van der Waals surface area (Å²) < 4.78 is 5.29. The zero-order chi connectivity index (χ0) is 16.2. The van der Waals surface area contributed by atoms with Crippen LogP contribution in [-0.4, -0.2) is 50.2 Å². The number of rotatable bonds is 5. The van der Waals surface area contributed by atoms with Crippen LogP contribution in [0.3, 0.4) is 0 Å². The number of amides is 1. The fraction of sp³-hybridized carbons (Fsp3) is 0.588. The third kappa shape index (κ3) is 4.06. The summed E-state index contributed by atoms with van der Waals surface area (Å²) in [6.07, 6.45) is 1.16. The van der Waals surface area contributed by atoms with Crippen LogP contribution < -0.4 is 11.1 Å². The second kappa shape index (κ2) is 7.22. The van der Waals surface area contributed by atoms with Gasteiger partial charge in [-0.15, -0.1) is 0 Å². The van der Waals surface area contributed by atoms with Gasteiger partial charge in [0.15, 0.2) is 0 Å². The fourth-order valence-electron chi connectivity index (χ4n) is 2.72. The van der Waals surface area contributed by atoms with Gasteiger partial charge in [-0.25, -0.2) is 0 Å². The predicted molar refractivity (Wildman–Crippen MR) is 87.6 cm³/mol. The number of aryl methyl sites for hydroxylation is 1. The molecule has 0 bridgehead atoms. The lowest BCUT2D eigenvalue weighted by molar-refractivity contribution is -0.130.